The van der Waals surface area contributed by atoms with Crippen LogP contribution in [0.5, 0.6) is 0 Å². The number of hydrogen-bond donors (Lipinski definition) is 0. The van der Waals surface area contributed by atoms with Gasteiger partial charge in [-0.1, -0.05) is 22.5 Å². The molecular weight excluding hydrogens is 168 g/mol. The lowest BCUT2D eigenvalue weighted by atomic mass is 10.3. The van der Waals surface area contributed by atoms with E-state index in [9.17, 15) is 4.79 Å². The molecule has 0 fully saturated rings. The average Bonchev–Trinajstić information content (AvgIpc) is 1.65. The number of carbonyl (C=O) groups excluding carboxylic acids is 1. The minimum absolute atomic E-state index is 0.486. The fourth-order valence-electron chi connectivity index (χ4n) is 0.289. The lowest BCUT2D eigenvalue weighted by Crippen LogP contribution is -1.73. The molecular formula is C6H7BrO. The van der Waals surface area contributed by atoms with E-state index in [4.69, 9.17) is 0 Å². The maximum absolute atomic E-state index is 9.88. The van der Waals surface area contributed by atoms with Gasteiger partial charge in [0.1, 0.15) is 6.29 Å². The van der Waals surface area contributed by atoms with Crippen molar-refractivity contribution in [2.45, 2.75) is 6.92 Å². The van der Waals surface area contributed by atoms with Gasteiger partial charge in [0.15, 0.2) is 0 Å². The maximum atomic E-state index is 9.88. The van der Waals surface area contributed by atoms with E-state index in [1.54, 1.807) is 6.08 Å². The Kier molecular flexibility index (Phi) is 3.44. The maximum Gasteiger partial charge on any atom is 0.149 e. The molecule has 44 valence electrons. The van der Waals surface area contributed by atoms with Crippen molar-refractivity contribution in [2.75, 3.05) is 0 Å². The molecule has 0 saturated heterocycles. The van der Waals surface area contributed by atoms with Crippen LogP contribution in [0.4, 0.5) is 0 Å². The molecule has 0 aromatic heterocycles. The van der Waals surface area contributed by atoms with Crippen LogP contribution in [0.3, 0.4) is 0 Å². The second kappa shape index (κ2) is 3.61. The first-order valence-corrected chi connectivity index (χ1v) is 2.94. The predicted octanol–water partition coefficient (Wildman–Crippen LogP) is 2.04. The van der Waals surface area contributed by atoms with E-state index < -0.39 is 0 Å². The van der Waals surface area contributed by atoms with Crippen LogP contribution >= 0.6 is 15.9 Å². The highest BCUT2D eigenvalue weighted by Gasteiger charge is 1.82. The number of carbonyl (C=O) groups is 1. The molecule has 0 aliphatic heterocycles. The molecule has 0 radical (unpaired) electrons. The third-order valence-electron chi connectivity index (χ3n) is 0.536. The largest absolute Gasteiger partial charge is 0.298 e. The van der Waals surface area contributed by atoms with E-state index in [2.05, 4.69) is 22.5 Å². The Hall–Kier alpha value is -0.370. The fourth-order valence-corrected chi connectivity index (χ4v) is 0.584. The summed E-state index contributed by atoms with van der Waals surface area (Å²) in [5.41, 5.74) is 0.486. The highest BCUT2D eigenvalue weighted by molar-refractivity contribution is 9.11. The summed E-state index contributed by atoms with van der Waals surface area (Å²) in [6.45, 7) is 5.28. The first kappa shape index (κ1) is 7.63. The molecule has 8 heavy (non-hydrogen) atoms. The lowest BCUT2D eigenvalue weighted by molar-refractivity contribution is -0.104. The SMILES string of the molecule is C=C(C=O)/C=C(\C)Br. The van der Waals surface area contributed by atoms with Crippen molar-refractivity contribution in [3.8, 4) is 0 Å². The number of rotatable bonds is 2. The summed E-state index contributed by atoms with van der Waals surface area (Å²) in [6, 6.07) is 0. The Bertz CT molecular complexity index is 131. The number of aldehydes is 1. The summed E-state index contributed by atoms with van der Waals surface area (Å²) in [5.74, 6) is 0. The molecule has 0 unspecified atom stereocenters. The van der Waals surface area contributed by atoms with Crippen LogP contribution in [0.15, 0.2) is 22.7 Å². The molecule has 2 heteroatoms. The van der Waals surface area contributed by atoms with E-state index in [1.165, 1.54) is 0 Å². The number of halogens is 1. The van der Waals surface area contributed by atoms with E-state index >= 15 is 0 Å². The topological polar surface area (TPSA) is 17.1 Å². The van der Waals surface area contributed by atoms with Crippen LogP contribution in [-0.4, -0.2) is 6.29 Å². The van der Waals surface area contributed by atoms with Gasteiger partial charge in [-0.05, 0) is 17.5 Å². The lowest BCUT2D eigenvalue weighted by Gasteiger charge is -1.82. The average molecular weight is 175 g/mol. The summed E-state index contributed by atoms with van der Waals surface area (Å²) in [7, 11) is 0. The molecule has 0 aromatic rings. The molecule has 0 aliphatic carbocycles. The van der Waals surface area contributed by atoms with Crippen molar-refractivity contribution in [1.29, 1.82) is 0 Å². The monoisotopic (exact) mass is 174 g/mol. The van der Waals surface area contributed by atoms with Crippen molar-refractivity contribution >= 4 is 22.2 Å². The first-order valence-electron chi connectivity index (χ1n) is 2.14. The van der Waals surface area contributed by atoms with Gasteiger partial charge in [-0.15, -0.1) is 0 Å². The minimum Gasteiger partial charge on any atom is -0.298 e. The van der Waals surface area contributed by atoms with Crippen molar-refractivity contribution in [1.82, 2.24) is 0 Å². The van der Waals surface area contributed by atoms with Crippen molar-refractivity contribution in [3.63, 3.8) is 0 Å². The first-order chi connectivity index (χ1) is 3.66. The summed E-state index contributed by atoms with van der Waals surface area (Å²) in [6.07, 6.45) is 2.37. The molecule has 0 aromatic carbocycles. The van der Waals surface area contributed by atoms with E-state index in [1.807, 2.05) is 6.92 Å². The van der Waals surface area contributed by atoms with Gasteiger partial charge in [-0.2, -0.15) is 0 Å². The molecule has 0 aliphatic rings. The van der Waals surface area contributed by atoms with Crippen molar-refractivity contribution in [2.24, 2.45) is 0 Å². The van der Waals surface area contributed by atoms with Gasteiger partial charge < -0.3 is 0 Å². The second-order valence-electron chi connectivity index (χ2n) is 1.42. The molecule has 0 N–H and O–H groups in total. The highest BCUT2D eigenvalue weighted by Crippen LogP contribution is 2.04. The standard InChI is InChI=1S/C6H7BrO/c1-5(4-8)3-6(2)7/h3-4H,1H2,2H3/b6-3+. The van der Waals surface area contributed by atoms with Gasteiger partial charge in [0.05, 0.1) is 0 Å². The van der Waals surface area contributed by atoms with Gasteiger partial charge in [-0.25, -0.2) is 0 Å². The van der Waals surface area contributed by atoms with Gasteiger partial charge in [-0.3, -0.25) is 4.79 Å². The van der Waals surface area contributed by atoms with Crippen LogP contribution in [-0.2, 0) is 4.79 Å². The molecule has 0 bridgehead atoms. The van der Waals surface area contributed by atoms with E-state index in [0.717, 1.165) is 4.48 Å². The Balaban J connectivity index is 3.89. The number of hydrogen-bond acceptors (Lipinski definition) is 1. The Morgan fingerprint density at radius 2 is 2.25 bits per heavy atom. The smallest absolute Gasteiger partial charge is 0.149 e. The van der Waals surface area contributed by atoms with Crippen LogP contribution in [0.1, 0.15) is 6.92 Å². The van der Waals surface area contributed by atoms with E-state index in [0.29, 0.717) is 11.9 Å². The molecule has 0 atom stereocenters. The summed E-state index contributed by atoms with van der Waals surface area (Å²) >= 11 is 3.16. The van der Waals surface area contributed by atoms with Crippen LogP contribution in [0.2, 0.25) is 0 Å². The van der Waals surface area contributed by atoms with Crippen LogP contribution < -0.4 is 0 Å². The van der Waals surface area contributed by atoms with Gasteiger partial charge in [0.25, 0.3) is 0 Å². The van der Waals surface area contributed by atoms with Crippen molar-refractivity contribution in [3.05, 3.63) is 22.7 Å². The number of allylic oxidation sites excluding steroid dienone is 3. The Morgan fingerprint density at radius 1 is 1.75 bits per heavy atom. The van der Waals surface area contributed by atoms with Gasteiger partial charge in [0, 0.05) is 5.57 Å². The fraction of sp³-hybridized carbons (Fsp3) is 0.167. The van der Waals surface area contributed by atoms with Crippen LogP contribution in [0.25, 0.3) is 0 Å². The van der Waals surface area contributed by atoms with Crippen LogP contribution in [0, 0.1) is 0 Å². The normalized spacial score (nSPS) is 11.0. The van der Waals surface area contributed by atoms with E-state index in [-0.39, 0.29) is 0 Å². The molecule has 0 saturated carbocycles. The molecule has 0 spiro atoms. The second-order valence-corrected chi connectivity index (χ2v) is 2.67. The molecule has 1 nitrogen and oxygen atoms in total. The zero-order valence-electron chi connectivity index (χ0n) is 4.65. The molecule has 0 rings (SSSR count). The molecule has 0 amide bonds. The molecule has 0 heterocycles. The third-order valence-corrected chi connectivity index (χ3v) is 0.765. The van der Waals surface area contributed by atoms with Gasteiger partial charge in [0.2, 0.25) is 0 Å². The third kappa shape index (κ3) is 3.81. The zero-order valence-corrected chi connectivity index (χ0v) is 6.23. The van der Waals surface area contributed by atoms with Crippen molar-refractivity contribution < 1.29 is 4.79 Å². The highest BCUT2D eigenvalue weighted by atomic mass is 79.9. The minimum atomic E-state index is 0.486. The zero-order chi connectivity index (χ0) is 6.57. The summed E-state index contributed by atoms with van der Waals surface area (Å²) < 4.78 is 0.912. The quantitative estimate of drug-likeness (QED) is 0.356. The summed E-state index contributed by atoms with van der Waals surface area (Å²) in [5, 5.41) is 0. The van der Waals surface area contributed by atoms with Gasteiger partial charge >= 0.3 is 0 Å². The Labute approximate surface area is 57.2 Å². The summed E-state index contributed by atoms with van der Waals surface area (Å²) in [4.78, 5) is 9.88. The Morgan fingerprint density at radius 3 is 2.38 bits per heavy atom. The predicted molar refractivity (Wildman–Crippen MR) is 37.9 cm³/mol.